The fraction of sp³-hybridized carbons (Fsp3) is 0.467. The molecule has 1 aromatic rings. The zero-order chi connectivity index (χ0) is 15.2. The monoisotopic (exact) mass is 293 g/mol. The molecule has 0 aromatic heterocycles. The number of nitrogens with one attached hydrogen (secondary N) is 1. The van der Waals surface area contributed by atoms with E-state index in [1.54, 1.807) is 24.3 Å². The summed E-state index contributed by atoms with van der Waals surface area (Å²) in [4.78, 5) is 23.2. The maximum absolute atomic E-state index is 11.9. The average Bonchev–Trinajstić information content (AvgIpc) is 2.49. The number of hydrogen-bond donors (Lipinski definition) is 2. The van der Waals surface area contributed by atoms with Crippen LogP contribution >= 0.6 is 0 Å². The zero-order valence-electron chi connectivity index (χ0n) is 11.9. The molecule has 114 valence electrons. The summed E-state index contributed by atoms with van der Waals surface area (Å²) >= 11 is 0. The average molecular weight is 293 g/mol. The first-order chi connectivity index (χ1) is 10.1. The smallest absolute Gasteiger partial charge is 0.337 e. The van der Waals surface area contributed by atoms with Gasteiger partial charge in [-0.05, 0) is 37.1 Å². The molecular formula is C15H19NO5. The second-order valence-electron chi connectivity index (χ2n) is 4.94. The van der Waals surface area contributed by atoms with Gasteiger partial charge in [0.05, 0.1) is 31.3 Å². The standard InChI is InChI=1S/C15H19NO5/c1-20-15(19)10-4-6-11(7-5-10)16-14(18)9-13-12(17)3-2-8-21-13/h4-7,12-13,17H,2-3,8-9H2,1H3,(H,16,18)/t12-,13-/m0/s1. The van der Waals surface area contributed by atoms with Gasteiger partial charge in [0.2, 0.25) is 5.91 Å². The molecule has 0 radical (unpaired) electrons. The topological polar surface area (TPSA) is 84.9 Å². The summed E-state index contributed by atoms with van der Waals surface area (Å²) in [5.41, 5.74) is 1.000. The van der Waals surface area contributed by atoms with Gasteiger partial charge in [0.25, 0.3) is 0 Å². The third-order valence-corrected chi connectivity index (χ3v) is 3.38. The number of hydrogen-bond acceptors (Lipinski definition) is 5. The fourth-order valence-corrected chi connectivity index (χ4v) is 2.22. The van der Waals surface area contributed by atoms with Gasteiger partial charge in [-0.15, -0.1) is 0 Å². The lowest BCUT2D eigenvalue weighted by molar-refractivity contribution is -0.125. The minimum Gasteiger partial charge on any atom is -0.465 e. The molecule has 1 aliphatic heterocycles. The quantitative estimate of drug-likeness (QED) is 0.818. The van der Waals surface area contributed by atoms with Crippen LogP contribution in [0.5, 0.6) is 0 Å². The summed E-state index contributed by atoms with van der Waals surface area (Å²) in [5.74, 6) is -0.654. The van der Waals surface area contributed by atoms with E-state index in [4.69, 9.17) is 4.74 Å². The molecule has 0 saturated carbocycles. The van der Waals surface area contributed by atoms with Gasteiger partial charge in [-0.3, -0.25) is 4.79 Å². The SMILES string of the molecule is COC(=O)c1ccc(NC(=O)C[C@@H]2OCCC[C@@H]2O)cc1. The molecule has 2 atom stereocenters. The number of anilines is 1. The van der Waals surface area contributed by atoms with E-state index in [0.717, 1.165) is 6.42 Å². The molecule has 0 bridgehead atoms. The van der Waals surface area contributed by atoms with Crippen LogP contribution in [0.2, 0.25) is 0 Å². The van der Waals surface area contributed by atoms with Crippen LogP contribution in [0.4, 0.5) is 5.69 Å². The van der Waals surface area contributed by atoms with Crippen LogP contribution in [0.15, 0.2) is 24.3 Å². The van der Waals surface area contributed by atoms with Crippen molar-refractivity contribution in [3.8, 4) is 0 Å². The number of aliphatic hydroxyl groups is 1. The van der Waals surface area contributed by atoms with Crippen molar-refractivity contribution in [1.29, 1.82) is 0 Å². The number of carbonyl (C=O) groups excluding carboxylic acids is 2. The minimum atomic E-state index is -0.591. The van der Waals surface area contributed by atoms with E-state index in [1.807, 2.05) is 0 Å². The van der Waals surface area contributed by atoms with Gasteiger partial charge in [-0.25, -0.2) is 4.79 Å². The Morgan fingerprint density at radius 1 is 1.38 bits per heavy atom. The second kappa shape index (κ2) is 7.19. The van der Waals surface area contributed by atoms with Gasteiger partial charge in [0.1, 0.15) is 0 Å². The molecule has 1 heterocycles. The minimum absolute atomic E-state index is 0.111. The first kappa shape index (κ1) is 15.5. The summed E-state index contributed by atoms with van der Waals surface area (Å²) in [5, 5.41) is 12.5. The number of esters is 1. The molecule has 2 N–H and O–H groups in total. The van der Waals surface area contributed by atoms with Crippen LogP contribution in [0, 0.1) is 0 Å². The maximum Gasteiger partial charge on any atom is 0.337 e. The number of rotatable bonds is 4. The molecular weight excluding hydrogens is 274 g/mol. The normalized spacial score (nSPS) is 21.6. The van der Waals surface area contributed by atoms with E-state index in [1.165, 1.54) is 7.11 Å². The molecule has 21 heavy (non-hydrogen) atoms. The fourth-order valence-electron chi connectivity index (χ4n) is 2.22. The second-order valence-corrected chi connectivity index (χ2v) is 4.94. The molecule has 1 amide bonds. The van der Waals surface area contributed by atoms with E-state index < -0.39 is 18.2 Å². The van der Waals surface area contributed by atoms with E-state index >= 15 is 0 Å². The van der Waals surface area contributed by atoms with Gasteiger partial charge in [0.15, 0.2) is 0 Å². The molecule has 0 spiro atoms. The summed E-state index contributed by atoms with van der Waals surface area (Å²) in [6.07, 6.45) is 0.541. The van der Waals surface area contributed by atoms with E-state index in [0.29, 0.717) is 24.3 Å². The lowest BCUT2D eigenvalue weighted by Gasteiger charge is -2.27. The lowest BCUT2D eigenvalue weighted by Crippen LogP contribution is -2.36. The van der Waals surface area contributed by atoms with Gasteiger partial charge in [-0.2, -0.15) is 0 Å². The van der Waals surface area contributed by atoms with Crippen molar-refractivity contribution in [2.45, 2.75) is 31.5 Å². The zero-order valence-corrected chi connectivity index (χ0v) is 11.9. The Bertz CT molecular complexity index is 499. The third-order valence-electron chi connectivity index (χ3n) is 3.38. The molecule has 1 aliphatic rings. The Labute approximate surface area is 123 Å². The molecule has 2 rings (SSSR count). The molecule has 1 aromatic carbocycles. The summed E-state index contributed by atoms with van der Waals surface area (Å²) < 4.78 is 9.99. The molecule has 6 nitrogen and oxygen atoms in total. The Balaban J connectivity index is 1.88. The highest BCUT2D eigenvalue weighted by Gasteiger charge is 2.26. The van der Waals surface area contributed by atoms with E-state index in [9.17, 15) is 14.7 Å². The number of carbonyl (C=O) groups is 2. The van der Waals surface area contributed by atoms with E-state index in [2.05, 4.69) is 10.1 Å². The molecule has 1 saturated heterocycles. The van der Waals surface area contributed by atoms with Crippen LogP contribution < -0.4 is 5.32 Å². The van der Waals surface area contributed by atoms with E-state index in [-0.39, 0.29) is 12.3 Å². The first-order valence-corrected chi connectivity index (χ1v) is 6.88. The predicted octanol–water partition coefficient (Wildman–Crippen LogP) is 1.34. The molecule has 0 aliphatic carbocycles. The Hall–Kier alpha value is -1.92. The molecule has 0 unspecified atom stereocenters. The van der Waals surface area contributed by atoms with Crippen LogP contribution in [-0.4, -0.2) is 42.9 Å². The number of benzene rings is 1. The highest BCUT2D eigenvalue weighted by molar-refractivity contribution is 5.93. The number of methoxy groups -OCH3 is 1. The number of ether oxygens (including phenoxy) is 2. The van der Waals surface area contributed by atoms with Crippen molar-refractivity contribution < 1.29 is 24.2 Å². The van der Waals surface area contributed by atoms with Gasteiger partial charge in [0, 0.05) is 12.3 Å². The van der Waals surface area contributed by atoms with Crippen molar-refractivity contribution >= 4 is 17.6 Å². The largest absolute Gasteiger partial charge is 0.465 e. The van der Waals surface area contributed by atoms with Crippen molar-refractivity contribution in [3.63, 3.8) is 0 Å². The summed E-state index contributed by atoms with van der Waals surface area (Å²) in [7, 11) is 1.31. The Morgan fingerprint density at radius 3 is 2.71 bits per heavy atom. The Morgan fingerprint density at radius 2 is 2.10 bits per heavy atom. The first-order valence-electron chi connectivity index (χ1n) is 6.88. The lowest BCUT2D eigenvalue weighted by atomic mass is 10.0. The highest BCUT2D eigenvalue weighted by Crippen LogP contribution is 2.18. The maximum atomic E-state index is 11.9. The van der Waals surface area contributed by atoms with Gasteiger partial charge >= 0.3 is 5.97 Å². The number of amides is 1. The van der Waals surface area contributed by atoms with Crippen molar-refractivity contribution in [3.05, 3.63) is 29.8 Å². The number of aliphatic hydroxyl groups excluding tert-OH is 1. The van der Waals surface area contributed by atoms with Crippen LogP contribution in [0.25, 0.3) is 0 Å². The van der Waals surface area contributed by atoms with Crippen molar-refractivity contribution in [2.75, 3.05) is 19.0 Å². The predicted molar refractivity (Wildman–Crippen MR) is 76.0 cm³/mol. The summed E-state index contributed by atoms with van der Waals surface area (Å²) in [6.45, 7) is 0.572. The van der Waals surface area contributed by atoms with Gasteiger partial charge in [-0.1, -0.05) is 0 Å². The third kappa shape index (κ3) is 4.27. The Kier molecular flexibility index (Phi) is 5.30. The van der Waals surface area contributed by atoms with Crippen LogP contribution in [0.1, 0.15) is 29.6 Å². The van der Waals surface area contributed by atoms with Crippen molar-refractivity contribution in [2.24, 2.45) is 0 Å². The van der Waals surface area contributed by atoms with Crippen LogP contribution in [-0.2, 0) is 14.3 Å². The molecule has 1 fully saturated rings. The van der Waals surface area contributed by atoms with Crippen molar-refractivity contribution in [1.82, 2.24) is 0 Å². The van der Waals surface area contributed by atoms with Gasteiger partial charge < -0.3 is 19.9 Å². The highest BCUT2D eigenvalue weighted by atomic mass is 16.5. The summed E-state index contributed by atoms with van der Waals surface area (Å²) in [6, 6.07) is 6.41. The van der Waals surface area contributed by atoms with Crippen LogP contribution in [0.3, 0.4) is 0 Å². The molecule has 6 heteroatoms.